The first-order chi connectivity index (χ1) is 9.08. The van der Waals surface area contributed by atoms with E-state index in [4.69, 9.17) is 5.11 Å². The predicted molar refractivity (Wildman–Crippen MR) is 84.8 cm³/mol. The molecule has 0 spiro atoms. The molecule has 0 amide bonds. The molecule has 0 fully saturated rings. The third-order valence-electron chi connectivity index (χ3n) is 2.52. The average Bonchev–Trinajstić information content (AvgIpc) is 2.39. The summed E-state index contributed by atoms with van der Waals surface area (Å²) in [6.07, 6.45) is 0. The minimum Gasteiger partial charge on any atom is -0.478 e. The van der Waals surface area contributed by atoms with Crippen molar-refractivity contribution in [2.24, 2.45) is 0 Å². The van der Waals surface area contributed by atoms with Crippen molar-refractivity contribution in [1.82, 2.24) is 0 Å². The van der Waals surface area contributed by atoms with Crippen molar-refractivity contribution in [2.45, 2.75) is 10.6 Å². The molecule has 0 bridgehead atoms. The Kier molecular flexibility index (Phi) is 5.07. The van der Waals surface area contributed by atoms with E-state index in [1.54, 1.807) is 23.9 Å². The Labute approximate surface area is 132 Å². The molecule has 0 aliphatic rings. The first-order valence-electron chi connectivity index (χ1n) is 5.47. The predicted octanol–water partition coefficient (Wildman–Crippen LogP) is 5.20. The van der Waals surface area contributed by atoms with Gasteiger partial charge in [-0.1, -0.05) is 34.1 Å². The highest BCUT2D eigenvalue weighted by molar-refractivity contribution is 9.10. The second-order valence-corrected chi connectivity index (χ2v) is 6.56. The monoisotopic (exact) mass is 400 g/mol. The number of carboxylic acids is 1. The number of halogens is 2. The van der Waals surface area contributed by atoms with Gasteiger partial charge in [0.2, 0.25) is 0 Å². The lowest BCUT2D eigenvalue weighted by molar-refractivity contribution is 0.0697. The maximum Gasteiger partial charge on any atom is 0.335 e. The van der Waals surface area contributed by atoms with E-state index in [1.165, 1.54) is 0 Å². The molecular weight excluding hydrogens is 392 g/mol. The van der Waals surface area contributed by atoms with Crippen LogP contribution in [0.15, 0.2) is 56.3 Å². The summed E-state index contributed by atoms with van der Waals surface area (Å²) in [6, 6.07) is 13.1. The molecule has 0 aliphatic carbocycles. The lowest BCUT2D eigenvalue weighted by Crippen LogP contribution is -1.96. The molecule has 2 aromatic carbocycles. The van der Waals surface area contributed by atoms with Crippen molar-refractivity contribution in [3.8, 4) is 0 Å². The third-order valence-corrected chi connectivity index (χ3v) is 5.33. The summed E-state index contributed by atoms with van der Waals surface area (Å²) in [5.41, 5.74) is 1.37. The van der Waals surface area contributed by atoms with Crippen molar-refractivity contribution in [3.05, 3.63) is 62.5 Å². The summed E-state index contributed by atoms with van der Waals surface area (Å²) >= 11 is 8.63. The first-order valence-corrected chi connectivity index (χ1v) is 8.04. The minimum absolute atomic E-state index is 0.293. The van der Waals surface area contributed by atoms with E-state index in [0.29, 0.717) is 5.56 Å². The summed E-state index contributed by atoms with van der Waals surface area (Å²) in [6.45, 7) is 0. The van der Waals surface area contributed by atoms with Crippen LogP contribution in [0.5, 0.6) is 0 Å². The van der Waals surface area contributed by atoms with Crippen LogP contribution in [-0.4, -0.2) is 11.1 Å². The van der Waals surface area contributed by atoms with E-state index in [2.05, 4.69) is 31.9 Å². The minimum atomic E-state index is -0.911. The molecule has 19 heavy (non-hydrogen) atoms. The zero-order chi connectivity index (χ0) is 13.8. The standard InChI is InChI=1S/C14H10Br2O2S/c15-11-3-1-2-4-13(11)19-8-10-6-5-9(14(17)18)7-12(10)16/h1-7H,8H2,(H,17,18). The van der Waals surface area contributed by atoms with Gasteiger partial charge in [0.05, 0.1) is 5.56 Å². The number of rotatable bonds is 4. The van der Waals surface area contributed by atoms with Crippen molar-refractivity contribution in [1.29, 1.82) is 0 Å². The van der Waals surface area contributed by atoms with Crippen LogP contribution in [0.25, 0.3) is 0 Å². The quantitative estimate of drug-likeness (QED) is 0.715. The van der Waals surface area contributed by atoms with E-state index in [9.17, 15) is 4.79 Å². The molecule has 0 atom stereocenters. The van der Waals surface area contributed by atoms with Crippen molar-refractivity contribution in [2.75, 3.05) is 0 Å². The summed E-state index contributed by atoms with van der Waals surface area (Å²) in [7, 11) is 0. The molecule has 1 N–H and O–H groups in total. The number of aromatic carboxylic acids is 1. The molecule has 0 unspecified atom stereocenters. The molecule has 0 saturated heterocycles. The van der Waals surface area contributed by atoms with Crippen LogP contribution in [0.1, 0.15) is 15.9 Å². The van der Waals surface area contributed by atoms with Gasteiger partial charge in [0.1, 0.15) is 0 Å². The Bertz CT molecular complexity index is 614. The Morgan fingerprint density at radius 3 is 2.47 bits per heavy atom. The van der Waals surface area contributed by atoms with Crippen LogP contribution in [0.4, 0.5) is 0 Å². The second-order valence-electron chi connectivity index (χ2n) is 3.83. The van der Waals surface area contributed by atoms with Crippen LogP contribution < -0.4 is 0 Å². The first kappa shape index (κ1) is 14.6. The largest absolute Gasteiger partial charge is 0.478 e. The maximum absolute atomic E-state index is 10.9. The molecule has 0 saturated carbocycles. The van der Waals surface area contributed by atoms with Gasteiger partial charge in [-0.15, -0.1) is 11.8 Å². The van der Waals surface area contributed by atoms with Gasteiger partial charge in [-0.2, -0.15) is 0 Å². The van der Waals surface area contributed by atoms with Gasteiger partial charge < -0.3 is 5.11 Å². The third kappa shape index (κ3) is 3.84. The van der Waals surface area contributed by atoms with Gasteiger partial charge in [0.25, 0.3) is 0 Å². The molecule has 2 nitrogen and oxygen atoms in total. The Hall–Kier alpha value is -0.780. The van der Waals surface area contributed by atoms with Gasteiger partial charge in [0, 0.05) is 19.6 Å². The van der Waals surface area contributed by atoms with Gasteiger partial charge in [0.15, 0.2) is 0 Å². The molecular formula is C14H10Br2O2S. The van der Waals surface area contributed by atoms with Crippen LogP contribution in [0.3, 0.4) is 0 Å². The zero-order valence-electron chi connectivity index (χ0n) is 9.77. The fraction of sp³-hybridized carbons (Fsp3) is 0.0714. The van der Waals surface area contributed by atoms with Gasteiger partial charge in [-0.25, -0.2) is 4.79 Å². The van der Waals surface area contributed by atoms with Crippen LogP contribution in [-0.2, 0) is 5.75 Å². The van der Waals surface area contributed by atoms with Crippen molar-refractivity contribution >= 4 is 49.6 Å². The number of hydrogen-bond donors (Lipinski definition) is 1. The summed E-state index contributed by atoms with van der Waals surface area (Å²) in [5, 5.41) is 8.91. The average molecular weight is 402 g/mol. The lowest BCUT2D eigenvalue weighted by Gasteiger charge is -2.07. The summed E-state index contributed by atoms with van der Waals surface area (Å²) in [4.78, 5) is 12.0. The van der Waals surface area contributed by atoms with Gasteiger partial charge >= 0.3 is 5.97 Å². The zero-order valence-corrected chi connectivity index (χ0v) is 13.8. The number of carboxylic acid groups (broad SMARTS) is 1. The van der Waals surface area contributed by atoms with Crippen LogP contribution >= 0.6 is 43.6 Å². The SMILES string of the molecule is O=C(O)c1ccc(CSc2ccccc2Br)c(Br)c1. The summed E-state index contributed by atoms with van der Waals surface area (Å²) < 4.78 is 1.89. The molecule has 0 aromatic heterocycles. The van der Waals surface area contributed by atoms with Crippen molar-refractivity contribution in [3.63, 3.8) is 0 Å². The van der Waals surface area contributed by atoms with Crippen LogP contribution in [0, 0.1) is 0 Å². The van der Waals surface area contributed by atoms with Gasteiger partial charge in [-0.05, 0) is 45.8 Å². The second kappa shape index (κ2) is 6.59. The summed E-state index contributed by atoms with van der Waals surface area (Å²) in [5.74, 6) is -0.131. The topological polar surface area (TPSA) is 37.3 Å². The smallest absolute Gasteiger partial charge is 0.335 e. The fourth-order valence-corrected chi connectivity index (χ4v) is 3.79. The highest BCUT2D eigenvalue weighted by Gasteiger charge is 2.07. The fourth-order valence-electron chi connectivity index (χ4n) is 1.51. The molecule has 5 heteroatoms. The highest BCUT2D eigenvalue weighted by atomic mass is 79.9. The highest BCUT2D eigenvalue weighted by Crippen LogP contribution is 2.32. The lowest BCUT2D eigenvalue weighted by atomic mass is 10.1. The number of benzene rings is 2. The molecule has 98 valence electrons. The number of thioether (sulfide) groups is 1. The molecule has 0 heterocycles. The van der Waals surface area contributed by atoms with Crippen molar-refractivity contribution < 1.29 is 9.90 Å². The molecule has 0 aliphatic heterocycles. The maximum atomic E-state index is 10.9. The molecule has 2 aromatic rings. The van der Waals surface area contributed by atoms with E-state index in [1.807, 2.05) is 30.3 Å². The number of hydrogen-bond acceptors (Lipinski definition) is 2. The van der Waals surface area contributed by atoms with E-state index >= 15 is 0 Å². The van der Waals surface area contributed by atoms with E-state index < -0.39 is 5.97 Å². The number of carbonyl (C=O) groups is 1. The van der Waals surface area contributed by atoms with E-state index in [-0.39, 0.29) is 0 Å². The molecule has 2 rings (SSSR count). The molecule has 0 radical (unpaired) electrons. The van der Waals surface area contributed by atoms with Crippen LogP contribution in [0.2, 0.25) is 0 Å². The Morgan fingerprint density at radius 1 is 1.11 bits per heavy atom. The Balaban J connectivity index is 2.12. The van der Waals surface area contributed by atoms with E-state index in [0.717, 1.165) is 25.2 Å². The Morgan fingerprint density at radius 2 is 1.84 bits per heavy atom. The van der Waals surface area contributed by atoms with Gasteiger partial charge in [-0.3, -0.25) is 0 Å². The normalized spacial score (nSPS) is 10.4.